The lowest BCUT2D eigenvalue weighted by atomic mass is 9.26. The number of benzene rings is 5. The van der Waals surface area contributed by atoms with Crippen molar-refractivity contribution in [2.24, 2.45) is 29.1 Å². The summed E-state index contributed by atoms with van der Waals surface area (Å²) in [6.07, 6.45) is 10.5. The van der Waals surface area contributed by atoms with Crippen LogP contribution >= 0.6 is 0 Å². The average Bonchev–Trinajstić information content (AvgIpc) is 3.74. The maximum atomic E-state index is 7.42. The summed E-state index contributed by atoms with van der Waals surface area (Å²) in [4.78, 5) is 2.57. The van der Waals surface area contributed by atoms with E-state index in [-0.39, 0.29) is 27.1 Å². The quantitative estimate of drug-likeness (QED) is 0.181. The lowest BCUT2D eigenvalue weighted by Gasteiger charge is -2.77. The molecule has 0 radical (unpaired) electrons. The topological polar surface area (TPSA) is 12.5 Å². The first-order chi connectivity index (χ1) is 27.6. The number of para-hydroxylation sites is 1. The van der Waals surface area contributed by atoms with Crippen LogP contribution in [-0.4, -0.2) is 0 Å². The largest absolute Gasteiger partial charge is 0.456 e. The molecule has 4 saturated carbocycles. The van der Waals surface area contributed by atoms with Gasteiger partial charge in [0, 0.05) is 45.2 Å². The van der Waals surface area contributed by atoms with E-state index in [2.05, 4.69) is 163 Å². The zero-order chi connectivity index (χ0) is 39.8. The molecule has 1 heterocycles. The Balaban J connectivity index is 1.07. The Labute approximate surface area is 347 Å². The highest BCUT2D eigenvalue weighted by molar-refractivity contribution is 5.82. The zero-order valence-electron chi connectivity index (χ0n) is 36.1. The molecule has 0 amide bonds. The number of hydrogen-bond acceptors (Lipinski definition) is 2. The monoisotopic (exact) mass is 763 g/mol. The molecule has 7 aliphatic rings. The molecule has 6 atom stereocenters. The van der Waals surface area contributed by atoms with Crippen molar-refractivity contribution in [3.63, 3.8) is 0 Å². The minimum Gasteiger partial charge on any atom is -0.456 e. The standard InChI is InChI=1S/C56H61NO/c1-51(2)23-25-53(5,6)45-30-37(17-20-41(45)51)57(38-18-21-42-46(31-38)54(7,8)26-24-52(42,3)4)39-19-22-43-47(32-39)58-50-40(35-13-10-9-11-14-35)15-12-16-44(50)56(43)48-28-34-27-36-29-49(56)55(36,48)33-34/h9-22,30-32,34,36,48-49H,23-29,33H2,1-8H3. The average molecular weight is 764 g/mol. The molecule has 2 spiro atoms. The number of rotatable bonds is 4. The molecule has 2 bridgehead atoms. The number of nitrogens with zero attached hydrogens (tertiary/aromatic N) is 1. The Morgan fingerprint density at radius 3 is 1.66 bits per heavy atom. The highest BCUT2D eigenvalue weighted by atomic mass is 16.5. The molecular weight excluding hydrogens is 703 g/mol. The van der Waals surface area contributed by atoms with Crippen LogP contribution in [0.4, 0.5) is 17.1 Å². The first kappa shape index (κ1) is 35.6. The first-order valence-corrected chi connectivity index (χ1v) is 22.8. The van der Waals surface area contributed by atoms with Crippen LogP contribution in [0.25, 0.3) is 11.1 Å². The Bertz CT molecular complexity index is 2480. The molecular formula is C56H61NO. The van der Waals surface area contributed by atoms with Gasteiger partial charge < -0.3 is 9.64 Å². The van der Waals surface area contributed by atoms with E-state index < -0.39 is 0 Å². The van der Waals surface area contributed by atoms with Crippen LogP contribution in [0.1, 0.15) is 140 Å². The van der Waals surface area contributed by atoms with E-state index >= 15 is 0 Å². The molecule has 58 heavy (non-hydrogen) atoms. The van der Waals surface area contributed by atoms with Gasteiger partial charge in [0.1, 0.15) is 11.5 Å². The van der Waals surface area contributed by atoms with Crippen LogP contribution in [0.2, 0.25) is 0 Å². The second-order valence-corrected chi connectivity index (χ2v) is 22.7. The van der Waals surface area contributed by atoms with Gasteiger partial charge in [-0.15, -0.1) is 0 Å². The fourth-order valence-corrected chi connectivity index (χ4v) is 15.0. The molecule has 4 fully saturated rings. The van der Waals surface area contributed by atoms with E-state index in [1.165, 1.54) is 113 Å². The molecule has 2 heteroatoms. The fourth-order valence-electron chi connectivity index (χ4n) is 15.0. The highest BCUT2D eigenvalue weighted by Crippen LogP contribution is 2.89. The molecule has 296 valence electrons. The summed E-state index contributed by atoms with van der Waals surface area (Å²) in [6.45, 7) is 19.6. The zero-order valence-corrected chi connectivity index (χ0v) is 36.1. The summed E-state index contributed by atoms with van der Waals surface area (Å²) in [5, 5.41) is 0. The summed E-state index contributed by atoms with van der Waals surface area (Å²) >= 11 is 0. The van der Waals surface area contributed by atoms with E-state index in [0.29, 0.717) is 17.3 Å². The highest BCUT2D eigenvalue weighted by Gasteiger charge is 2.84. The van der Waals surface area contributed by atoms with E-state index in [1.807, 2.05) is 0 Å². The first-order valence-electron chi connectivity index (χ1n) is 22.8. The number of fused-ring (bicyclic) bond motifs is 9. The molecule has 2 nitrogen and oxygen atoms in total. The molecule has 6 aliphatic carbocycles. The normalized spacial score (nSPS) is 31.4. The van der Waals surface area contributed by atoms with Crippen molar-refractivity contribution >= 4 is 17.1 Å². The molecule has 5 aromatic carbocycles. The molecule has 6 unspecified atom stereocenters. The van der Waals surface area contributed by atoms with Crippen LogP contribution in [0, 0.1) is 29.1 Å². The van der Waals surface area contributed by atoms with Crippen molar-refractivity contribution in [1.29, 1.82) is 0 Å². The smallest absolute Gasteiger partial charge is 0.139 e. The van der Waals surface area contributed by atoms with Crippen LogP contribution in [-0.2, 0) is 27.1 Å². The van der Waals surface area contributed by atoms with Gasteiger partial charge in [0.25, 0.3) is 0 Å². The molecule has 1 aliphatic heterocycles. The molecule has 0 aromatic heterocycles. The summed E-state index contributed by atoms with van der Waals surface area (Å²) in [5.74, 6) is 5.41. The van der Waals surface area contributed by atoms with Crippen molar-refractivity contribution in [2.75, 3.05) is 4.90 Å². The van der Waals surface area contributed by atoms with E-state index in [9.17, 15) is 0 Å². The third-order valence-electron chi connectivity index (χ3n) is 18.1. The SMILES string of the molecule is CC1(C)CCC(C)(C)c2cc(N(c3ccc4c(c3)Oc3c(-c5ccccc5)cccc3C43C4CC5CC6CC3C64C5)c3ccc4c(c3)C(C)(C)CCC4(C)C)ccc21. The predicted molar refractivity (Wildman–Crippen MR) is 239 cm³/mol. The van der Waals surface area contributed by atoms with Crippen LogP contribution < -0.4 is 9.64 Å². The third kappa shape index (κ3) is 4.40. The second-order valence-electron chi connectivity index (χ2n) is 22.7. The summed E-state index contributed by atoms with van der Waals surface area (Å²) in [7, 11) is 0. The van der Waals surface area contributed by atoms with Gasteiger partial charge in [-0.05, 0) is 160 Å². The molecule has 5 aromatic rings. The van der Waals surface area contributed by atoms with Gasteiger partial charge in [-0.1, -0.05) is 122 Å². The number of hydrogen-bond donors (Lipinski definition) is 0. The van der Waals surface area contributed by atoms with Crippen molar-refractivity contribution < 1.29 is 4.74 Å². The molecule has 0 N–H and O–H groups in total. The minimum absolute atomic E-state index is 0.0194. The second kappa shape index (κ2) is 11.3. The lowest BCUT2D eigenvalue weighted by Crippen LogP contribution is -2.74. The summed E-state index contributed by atoms with van der Waals surface area (Å²) in [5.41, 5.74) is 16.1. The lowest BCUT2D eigenvalue weighted by molar-refractivity contribution is -0.235. The summed E-state index contributed by atoms with van der Waals surface area (Å²) in [6, 6.07) is 40.4. The van der Waals surface area contributed by atoms with Crippen molar-refractivity contribution in [3.05, 3.63) is 137 Å². The number of anilines is 3. The van der Waals surface area contributed by atoms with Gasteiger partial charge in [0.2, 0.25) is 0 Å². The van der Waals surface area contributed by atoms with Crippen molar-refractivity contribution in [1.82, 2.24) is 0 Å². The van der Waals surface area contributed by atoms with Crippen LogP contribution in [0.15, 0.2) is 103 Å². The van der Waals surface area contributed by atoms with E-state index in [0.717, 1.165) is 23.3 Å². The van der Waals surface area contributed by atoms with Crippen molar-refractivity contribution in [2.45, 2.75) is 134 Å². The third-order valence-corrected chi connectivity index (χ3v) is 18.1. The summed E-state index contributed by atoms with van der Waals surface area (Å²) < 4.78 is 7.42. The fraction of sp³-hybridized carbons (Fsp3) is 0.464. The maximum absolute atomic E-state index is 7.42. The Morgan fingerprint density at radius 2 is 1.05 bits per heavy atom. The van der Waals surface area contributed by atoms with Gasteiger partial charge in [0.05, 0.1) is 0 Å². The maximum Gasteiger partial charge on any atom is 0.139 e. The van der Waals surface area contributed by atoms with Crippen LogP contribution in [0.5, 0.6) is 11.5 Å². The van der Waals surface area contributed by atoms with Crippen LogP contribution in [0.3, 0.4) is 0 Å². The Hall–Kier alpha value is -4.30. The van der Waals surface area contributed by atoms with Gasteiger partial charge >= 0.3 is 0 Å². The number of ether oxygens (including phenoxy) is 1. The Morgan fingerprint density at radius 1 is 0.500 bits per heavy atom. The van der Waals surface area contributed by atoms with Gasteiger partial charge in [-0.3, -0.25) is 0 Å². The van der Waals surface area contributed by atoms with Gasteiger partial charge in [0.15, 0.2) is 0 Å². The van der Waals surface area contributed by atoms with E-state index in [1.54, 1.807) is 0 Å². The molecule has 12 rings (SSSR count). The Kier molecular flexibility index (Phi) is 6.93. The van der Waals surface area contributed by atoms with E-state index in [4.69, 9.17) is 4.74 Å². The van der Waals surface area contributed by atoms with Crippen molar-refractivity contribution in [3.8, 4) is 22.6 Å². The van der Waals surface area contributed by atoms with Gasteiger partial charge in [-0.25, -0.2) is 0 Å². The molecule has 0 saturated heterocycles. The predicted octanol–water partition coefficient (Wildman–Crippen LogP) is 15.0. The minimum atomic E-state index is 0.0194. The van der Waals surface area contributed by atoms with Gasteiger partial charge in [-0.2, -0.15) is 0 Å².